The van der Waals surface area contributed by atoms with Crippen LogP contribution in [0, 0.1) is 11.3 Å². The highest BCUT2D eigenvalue weighted by Crippen LogP contribution is 2.39. The van der Waals surface area contributed by atoms with Gasteiger partial charge in [-0.05, 0) is 25.5 Å². The normalized spacial score (nSPS) is 13.7. The number of hydrogen-bond donors (Lipinski definition) is 1. The topological polar surface area (TPSA) is 82.4 Å². The monoisotopic (exact) mass is 299 g/mol. The van der Waals surface area contributed by atoms with Gasteiger partial charge in [-0.15, -0.1) is 0 Å². The third kappa shape index (κ3) is 2.31. The smallest absolute Gasteiger partial charge is 0.231 e. The van der Waals surface area contributed by atoms with Crippen LogP contribution in [0.25, 0.3) is 0 Å². The molecule has 6 nitrogen and oxygen atoms in total. The van der Waals surface area contributed by atoms with Crippen LogP contribution in [0.2, 0.25) is 0 Å². The number of rotatable bonds is 4. The number of aromatic nitrogens is 1. The van der Waals surface area contributed by atoms with Crippen molar-refractivity contribution < 1.29 is 14.2 Å². The van der Waals surface area contributed by atoms with E-state index in [4.69, 9.17) is 19.9 Å². The standard InChI is InChI=1S/C16H17N3O3/c1-3-10(2)19-11(8-17)6-13(18)16(19)22-12-4-5-14-15(7-12)21-9-20-14/h4-7,10H,3,9,18H2,1-2H3/t10-/m0/s1. The van der Waals surface area contributed by atoms with E-state index in [-0.39, 0.29) is 12.8 Å². The molecule has 0 fully saturated rings. The van der Waals surface area contributed by atoms with E-state index >= 15 is 0 Å². The lowest BCUT2D eigenvalue weighted by molar-refractivity contribution is 0.174. The van der Waals surface area contributed by atoms with Gasteiger partial charge in [0.05, 0.1) is 5.69 Å². The number of anilines is 1. The minimum absolute atomic E-state index is 0.107. The van der Waals surface area contributed by atoms with Crippen molar-refractivity contribution in [3.8, 4) is 29.2 Å². The van der Waals surface area contributed by atoms with Crippen molar-refractivity contribution in [1.29, 1.82) is 5.26 Å². The first kappa shape index (κ1) is 14.1. The number of fused-ring (bicyclic) bond motifs is 1. The Morgan fingerprint density at radius 2 is 2.14 bits per heavy atom. The van der Waals surface area contributed by atoms with Gasteiger partial charge >= 0.3 is 0 Å². The highest BCUT2D eigenvalue weighted by molar-refractivity contribution is 5.57. The van der Waals surface area contributed by atoms with Crippen LogP contribution in [0.1, 0.15) is 32.0 Å². The molecule has 2 aromatic rings. The average Bonchev–Trinajstić information content (AvgIpc) is 3.11. The lowest BCUT2D eigenvalue weighted by Crippen LogP contribution is -2.08. The second-order valence-electron chi connectivity index (χ2n) is 5.15. The number of hydrogen-bond acceptors (Lipinski definition) is 5. The SMILES string of the molecule is CC[C@H](C)n1c(C#N)cc(N)c1Oc1ccc2c(c1)OCO2. The van der Waals surface area contributed by atoms with Crippen LogP contribution in [0.15, 0.2) is 24.3 Å². The fraction of sp³-hybridized carbons (Fsp3) is 0.312. The molecular weight excluding hydrogens is 282 g/mol. The van der Waals surface area contributed by atoms with Crippen LogP contribution >= 0.6 is 0 Å². The van der Waals surface area contributed by atoms with Gasteiger partial charge in [0.2, 0.25) is 12.7 Å². The molecule has 0 saturated carbocycles. The van der Waals surface area contributed by atoms with Crippen molar-refractivity contribution in [2.75, 3.05) is 12.5 Å². The van der Waals surface area contributed by atoms with Gasteiger partial charge in [0.25, 0.3) is 0 Å². The van der Waals surface area contributed by atoms with E-state index < -0.39 is 0 Å². The van der Waals surface area contributed by atoms with E-state index in [1.165, 1.54) is 0 Å². The summed E-state index contributed by atoms with van der Waals surface area (Å²) in [5, 5.41) is 9.28. The molecule has 0 saturated heterocycles. The van der Waals surface area contributed by atoms with Gasteiger partial charge in [-0.2, -0.15) is 5.26 Å². The van der Waals surface area contributed by atoms with E-state index in [0.29, 0.717) is 34.5 Å². The second-order valence-corrected chi connectivity index (χ2v) is 5.15. The van der Waals surface area contributed by atoms with Gasteiger partial charge in [0.15, 0.2) is 11.5 Å². The quantitative estimate of drug-likeness (QED) is 0.935. The fourth-order valence-electron chi connectivity index (χ4n) is 2.39. The zero-order valence-electron chi connectivity index (χ0n) is 12.5. The predicted molar refractivity (Wildman–Crippen MR) is 81.2 cm³/mol. The molecule has 1 aliphatic heterocycles. The fourth-order valence-corrected chi connectivity index (χ4v) is 2.39. The van der Waals surface area contributed by atoms with Crippen molar-refractivity contribution in [3.05, 3.63) is 30.0 Å². The zero-order chi connectivity index (χ0) is 15.7. The molecule has 0 radical (unpaired) electrons. The van der Waals surface area contributed by atoms with Crippen molar-refractivity contribution in [3.63, 3.8) is 0 Å². The Balaban J connectivity index is 1.98. The summed E-state index contributed by atoms with van der Waals surface area (Å²) in [5.74, 6) is 2.39. The molecule has 22 heavy (non-hydrogen) atoms. The number of nitrogens with zero attached hydrogens (tertiary/aromatic N) is 2. The second kappa shape index (κ2) is 5.53. The summed E-state index contributed by atoms with van der Waals surface area (Å²) in [6, 6.07) is 9.22. The Morgan fingerprint density at radius 1 is 1.36 bits per heavy atom. The summed E-state index contributed by atoms with van der Waals surface area (Å²) in [6.45, 7) is 4.28. The summed E-state index contributed by atoms with van der Waals surface area (Å²) in [4.78, 5) is 0. The number of ether oxygens (including phenoxy) is 3. The van der Waals surface area contributed by atoms with Crippen LogP contribution < -0.4 is 19.9 Å². The number of benzene rings is 1. The Labute approximate surface area is 128 Å². The molecule has 0 aliphatic carbocycles. The highest BCUT2D eigenvalue weighted by atomic mass is 16.7. The molecule has 0 spiro atoms. The maximum Gasteiger partial charge on any atom is 0.231 e. The van der Waals surface area contributed by atoms with Crippen LogP contribution in [-0.4, -0.2) is 11.4 Å². The van der Waals surface area contributed by atoms with E-state index in [1.54, 1.807) is 24.3 Å². The summed E-state index contributed by atoms with van der Waals surface area (Å²) < 4.78 is 18.4. The minimum atomic E-state index is 0.107. The van der Waals surface area contributed by atoms with Gasteiger partial charge in [0, 0.05) is 18.2 Å². The molecule has 3 rings (SSSR count). The number of nitrogens with two attached hydrogens (primary N) is 1. The van der Waals surface area contributed by atoms with Crippen molar-refractivity contribution in [1.82, 2.24) is 4.57 Å². The largest absolute Gasteiger partial charge is 0.454 e. The van der Waals surface area contributed by atoms with Gasteiger partial charge < -0.3 is 19.9 Å². The van der Waals surface area contributed by atoms with Gasteiger partial charge in [-0.1, -0.05) is 6.92 Å². The highest BCUT2D eigenvalue weighted by Gasteiger charge is 2.20. The number of nitriles is 1. The predicted octanol–water partition coefficient (Wildman–Crippen LogP) is 3.43. The van der Waals surface area contributed by atoms with Crippen LogP contribution in [0.4, 0.5) is 5.69 Å². The maximum absolute atomic E-state index is 9.28. The molecule has 2 N–H and O–H groups in total. The summed E-state index contributed by atoms with van der Waals surface area (Å²) >= 11 is 0. The summed E-state index contributed by atoms with van der Waals surface area (Å²) in [7, 11) is 0. The van der Waals surface area contributed by atoms with Gasteiger partial charge in [0.1, 0.15) is 17.5 Å². The van der Waals surface area contributed by atoms with Gasteiger partial charge in [-0.25, -0.2) is 0 Å². The molecule has 1 aliphatic rings. The molecule has 1 atom stereocenters. The van der Waals surface area contributed by atoms with E-state index in [1.807, 2.05) is 18.4 Å². The first-order chi connectivity index (χ1) is 10.6. The first-order valence-corrected chi connectivity index (χ1v) is 7.12. The average molecular weight is 299 g/mol. The Hall–Kier alpha value is -2.81. The zero-order valence-corrected chi connectivity index (χ0v) is 12.5. The van der Waals surface area contributed by atoms with Crippen LogP contribution in [0.5, 0.6) is 23.1 Å². The minimum Gasteiger partial charge on any atom is -0.454 e. The summed E-state index contributed by atoms with van der Waals surface area (Å²) in [6.07, 6.45) is 0.861. The first-order valence-electron chi connectivity index (χ1n) is 7.12. The Morgan fingerprint density at radius 3 is 2.86 bits per heavy atom. The number of nitrogen functional groups attached to an aromatic ring is 1. The Bertz CT molecular complexity index is 746. The van der Waals surface area contributed by atoms with E-state index in [2.05, 4.69) is 6.07 Å². The maximum atomic E-state index is 9.28. The van der Waals surface area contributed by atoms with Crippen LogP contribution in [0.3, 0.4) is 0 Å². The van der Waals surface area contributed by atoms with E-state index in [0.717, 1.165) is 6.42 Å². The van der Waals surface area contributed by atoms with Crippen LogP contribution in [-0.2, 0) is 0 Å². The lowest BCUT2D eigenvalue weighted by Gasteiger charge is -2.17. The lowest BCUT2D eigenvalue weighted by atomic mass is 10.2. The molecule has 0 unspecified atom stereocenters. The molecule has 1 aromatic heterocycles. The molecule has 6 heteroatoms. The third-order valence-electron chi connectivity index (χ3n) is 3.72. The molecule has 114 valence electrons. The van der Waals surface area contributed by atoms with Crippen molar-refractivity contribution in [2.24, 2.45) is 0 Å². The van der Waals surface area contributed by atoms with Crippen molar-refractivity contribution >= 4 is 5.69 Å². The molecular formula is C16H17N3O3. The molecule has 2 heterocycles. The van der Waals surface area contributed by atoms with E-state index in [9.17, 15) is 5.26 Å². The third-order valence-corrected chi connectivity index (χ3v) is 3.72. The molecule has 0 amide bonds. The Kier molecular flexibility index (Phi) is 3.55. The molecule has 1 aromatic carbocycles. The summed E-state index contributed by atoms with van der Waals surface area (Å²) in [5.41, 5.74) is 6.95. The van der Waals surface area contributed by atoms with Gasteiger partial charge in [-0.3, -0.25) is 4.57 Å². The van der Waals surface area contributed by atoms with Crippen molar-refractivity contribution in [2.45, 2.75) is 26.3 Å². The molecule has 0 bridgehead atoms.